The zero-order chi connectivity index (χ0) is 15.2. The second-order valence-electron chi connectivity index (χ2n) is 8.85. The van der Waals surface area contributed by atoms with Crippen LogP contribution >= 0.6 is 0 Å². The molecular weight excluding hydrogens is 260 g/mol. The predicted molar refractivity (Wildman–Crippen MR) is 85.7 cm³/mol. The van der Waals surface area contributed by atoms with Crippen molar-refractivity contribution >= 4 is 5.91 Å². The molecule has 4 bridgehead atoms. The van der Waals surface area contributed by atoms with Crippen molar-refractivity contribution in [1.29, 1.82) is 0 Å². The van der Waals surface area contributed by atoms with Gasteiger partial charge < -0.3 is 10.6 Å². The van der Waals surface area contributed by atoms with E-state index in [9.17, 15) is 4.79 Å². The van der Waals surface area contributed by atoms with Gasteiger partial charge in [0.05, 0.1) is 6.04 Å². The van der Waals surface area contributed by atoms with Gasteiger partial charge in [0.15, 0.2) is 0 Å². The lowest BCUT2D eigenvalue weighted by Crippen LogP contribution is -2.53. The molecule has 1 amide bonds. The molecule has 4 aliphatic rings. The number of carbonyl (C=O) groups is 1. The zero-order valence-corrected chi connectivity index (χ0v) is 14.0. The van der Waals surface area contributed by atoms with Gasteiger partial charge in [-0.1, -0.05) is 13.8 Å². The normalized spacial score (nSPS) is 38.8. The fourth-order valence-electron chi connectivity index (χ4n) is 5.96. The highest BCUT2D eigenvalue weighted by Crippen LogP contribution is 2.60. The van der Waals surface area contributed by atoms with Crippen LogP contribution in [0.5, 0.6) is 0 Å². The van der Waals surface area contributed by atoms with E-state index in [4.69, 9.17) is 5.73 Å². The Labute approximate surface area is 129 Å². The third-order valence-electron chi connectivity index (χ3n) is 6.16. The molecule has 1 atom stereocenters. The number of rotatable bonds is 5. The Bertz CT molecular complexity index is 369. The lowest BCUT2D eigenvalue weighted by Gasteiger charge is -2.57. The average molecular weight is 292 g/mol. The van der Waals surface area contributed by atoms with Gasteiger partial charge in [-0.3, -0.25) is 4.79 Å². The summed E-state index contributed by atoms with van der Waals surface area (Å²) >= 11 is 0. The molecule has 2 N–H and O–H groups in total. The van der Waals surface area contributed by atoms with Crippen LogP contribution < -0.4 is 5.73 Å². The first kappa shape index (κ1) is 15.3. The molecule has 120 valence electrons. The van der Waals surface area contributed by atoms with Crippen LogP contribution in [0.2, 0.25) is 0 Å². The minimum absolute atomic E-state index is 0.152. The van der Waals surface area contributed by atoms with E-state index in [-0.39, 0.29) is 11.9 Å². The van der Waals surface area contributed by atoms with Crippen molar-refractivity contribution in [3.05, 3.63) is 0 Å². The van der Waals surface area contributed by atoms with Crippen molar-refractivity contribution in [2.45, 2.75) is 64.8 Å². The quantitative estimate of drug-likeness (QED) is 0.846. The Morgan fingerprint density at radius 3 is 2.05 bits per heavy atom. The van der Waals surface area contributed by atoms with E-state index < -0.39 is 0 Å². The van der Waals surface area contributed by atoms with Crippen molar-refractivity contribution < 1.29 is 4.79 Å². The molecule has 4 fully saturated rings. The molecule has 3 heteroatoms. The van der Waals surface area contributed by atoms with Crippen molar-refractivity contribution in [3.63, 3.8) is 0 Å². The van der Waals surface area contributed by atoms with Crippen LogP contribution in [0.25, 0.3) is 0 Å². The first-order chi connectivity index (χ1) is 9.87. The van der Waals surface area contributed by atoms with E-state index in [1.165, 1.54) is 38.5 Å². The standard InChI is InChI=1S/C18H32N2O/c1-12(2)4-16(19)17(21)20(3)11-18-8-13-5-14(9-18)7-15(6-13)10-18/h12-16H,4-11,19H2,1-3H3/t13?,14?,15?,16-,18?/m0/s1. The van der Waals surface area contributed by atoms with Crippen molar-refractivity contribution in [1.82, 2.24) is 4.90 Å². The van der Waals surface area contributed by atoms with E-state index in [0.29, 0.717) is 11.3 Å². The summed E-state index contributed by atoms with van der Waals surface area (Å²) in [5, 5.41) is 0. The Kier molecular flexibility index (Phi) is 4.06. The van der Waals surface area contributed by atoms with Gasteiger partial charge in [-0.05, 0) is 74.0 Å². The molecule has 21 heavy (non-hydrogen) atoms. The van der Waals surface area contributed by atoms with E-state index in [2.05, 4.69) is 13.8 Å². The number of amides is 1. The molecule has 3 nitrogen and oxygen atoms in total. The van der Waals surface area contributed by atoms with Crippen LogP contribution in [0.1, 0.15) is 58.8 Å². The number of carbonyl (C=O) groups excluding carboxylic acids is 1. The highest BCUT2D eigenvalue weighted by molar-refractivity contribution is 5.81. The minimum atomic E-state index is -0.316. The minimum Gasteiger partial charge on any atom is -0.344 e. The summed E-state index contributed by atoms with van der Waals surface area (Å²) in [5.74, 6) is 3.48. The molecule has 0 aromatic heterocycles. The molecular formula is C18H32N2O. The van der Waals surface area contributed by atoms with Gasteiger partial charge in [-0.2, -0.15) is 0 Å². The van der Waals surface area contributed by atoms with Gasteiger partial charge in [-0.25, -0.2) is 0 Å². The molecule has 0 unspecified atom stereocenters. The molecule has 0 radical (unpaired) electrons. The smallest absolute Gasteiger partial charge is 0.239 e. The summed E-state index contributed by atoms with van der Waals surface area (Å²) in [5.41, 5.74) is 6.52. The molecule has 0 aliphatic heterocycles. The number of hydrogen-bond donors (Lipinski definition) is 1. The SMILES string of the molecule is CC(C)C[C@H](N)C(=O)N(C)CC12CC3CC(CC(C3)C1)C2. The predicted octanol–water partition coefficient (Wildman–Crippen LogP) is 3.03. The molecule has 0 aromatic carbocycles. The highest BCUT2D eigenvalue weighted by atomic mass is 16.2. The highest BCUT2D eigenvalue weighted by Gasteiger charge is 2.51. The maximum absolute atomic E-state index is 12.5. The third kappa shape index (κ3) is 3.13. The Morgan fingerprint density at radius 1 is 1.14 bits per heavy atom. The van der Waals surface area contributed by atoms with Crippen LogP contribution in [0.3, 0.4) is 0 Å². The molecule has 4 rings (SSSR count). The van der Waals surface area contributed by atoms with Crippen molar-refractivity contribution in [2.24, 2.45) is 34.8 Å². The number of nitrogens with zero attached hydrogens (tertiary/aromatic N) is 1. The summed E-state index contributed by atoms with van der Waals surface area (Å²) in [6, 6.07) is -0.316. The maximum atomic E-state index is 12.5. The molecule has 4 saturated carbocycles. The third-order valence-corrected chi connectivity index (χ3v) is 6.16. The van der Waals surface area contributed by atoms with E-state index in [0.717, 1.165) is 30.7 Å². The van der Waals surface area contributed by atoms with Crippen LogP contribution in [0.4, 0.5) is 0 Å². The Morgan fingerprint density at radius 2 is 1.62 bits per heavy atom. The van der Waals surface area contributed by atoms with Gasteiger partial charge >= 0.3 is 0 Å². The van der Waals surface area contributed by atoms with Crippen molar-refractivity contribution in [3.8, 4) is 0 Å². The van der Waals surface area contributed by atoms with Crippen LogP contribution in [0.15, 0.2) is 0 Å². The Hall–Kier alpha value is -0.570. The number of hydrogen-bond acceptors (Lipinski definition) is 2. The van der Waals surface area contributed by atoms with Crippen LogP contribution in [-0.4, -0.2) is 30.4 Å². The summed E-state index contributed by atoms with van der Waals surface area (Å²) in [6.07, 6.45) is 9.25. The van der Waals surface area contributed by atoms with Gasteiger partial charge in [0.25, 0.3) is 0 Å². The van der Waals surface area contributed by atoms with E-state index in [1.54, 1.807) is 0 Å². The second kappa shape index (κ2) is 5.57. The van der Waals surface area contributed by atoms with Gasteiger partial charge in [-0.15, -0.1) is 0 Å². The monoisotopic (exact) mass is 292 g/mol. The van der Waals surface area contributed by atoms with E-state index in [1.807, 2.05) is 11.9 Å². The van der Waals surface area contributed by atoms with Crippen molar-refractivity contribution in [2.75, 3.05) is 13.6 Å². The molecule has 0 saturated heterocycles. The lowest BCUT2D eigenvalue weighted by atomic mass is 9.49. The van der Waals surface area contributed by atoms with Gasteiger partial charge in [0.1, 0.15) is 0 Å². The van der Waals surface area contributed by atoms with Gasteiger partial charge in [0, 0.05) is 13.6 Å². The molecule has 4 aliphatic carbocycles. The Balaban J connectivity index is 1.62. The average Bonchev–Trinajstić information content (AvgIpc) is 2.34. The first-order valence-corrected chi connectivity index (χ1v) is 8.87. The van der Waals surface area contributed by atoms with E-state index >= 15 is 0 Å². The zero-order valence-electron chi connectivity index (χ0n) is 14.0. The molecule has 0 spiro atoms. The summed E-state index contributed by atoms with van der Waals surface area (Å²) < 4.78 is 0. The lowest BCUT2D eigenvalue weighted by molar-refractivity contribution is -0.137. The second-order valence-corrected chi connectivity index (χ2v) is 8.85. The fourth-order valence-corrected chi connectivity index (χ4v) is 5.96. The summed E-state index contributed by atoms with van der Waals surface area (Å²) in [6.45, 7) is 5.21. The number of nitrogens with two attached hydrogens (primary N) is 1. The number of likely N-dealkylation sites (N-methyl/N-ethyl adjacent to an activating group) is 1. The fraction of sp³-hybridized carbons (Fsp3) is 0.944. The molecule has 0 aromatic rings. The molecule has 0 heterocycles. The van der Waals surface area contributed by atoms with Gasteiger partial charge in [0.2, 0.25) is 5.91 Å². The maximum Gasteiger partial charge on any atom is 0.239 e. The summed E-state index contributed by atoms with van der Waals surface area (Å²) in [4.78, 5) is 14.5. The largest absolute Gasteiger partial charge is 0.344 e. The van der Waals surface area contributed by atoms with Crippen LogP contribution in [0, 0.1) is 29.1 Å². The van der Waals surface area contributed by atoms with Crippen LogP contribution in [-0.2, 0) is 4.79 Å². The topological polar surface area (TPSA) is 46.3 Å². The first-order valence-electron chi connectivity index (χ1n) is 8.87. The summed E-state index contributed by atoms with van der Waals surface area (Å²) in [7, 11) is 1.97.